The number of aliphatic hydroxyl groups is 1. The number of aliphatic imine (C=N–C) groups is 3. The quantitative estimate of drug-likeness (QED) is 0.599. The van der Waals surface area contributed by atoms with Crippen LogP contribution in [-0.2, 0) is 0 Å². The summed E-state index contributed by atoms with van der Waals surface area (Å²) in [5.74, 6) is 1.42. The summed E-state index contributed by atoms with van der Waals surface area (Å²) in [4.78, 5) is 17.0. The highest BCUT2D eigenvalue weighted by Gasteiger charge is 2.38. The van der Waals surface area contributed by atoms with Crippen LogP contribution >= 0.6 is 0 Å². The number of nitrogens with one attached hydrogen (secondary N) is 2. The molecule has 0 saturated carbocycles. The van der Waals surface area contributed by atoms with E-state index >= 15 is 0 Å². The second-order valence-electron chi connectivity index (χ2n) is 8.13. The summed E-state index contributed by atoms with van der Waals surface area (Å²) in [6.07, 6.45) is 3.56. The first-order valence-electron chi connectivity index (χ1n) is 11.4. The van der Waals surface area contributed by atoms with Gasteiger partial charge in [-0.2, -0.15) is 0 Å². The van der Waals surface area contributed by atoms with E-state index in [1.807, 2.05) is 49.7 Å². The molecule has 0 aromatic heterocycles. The molecule has 32 heavy (non-hydrogen) atoms. The van der Waals surface area contributed by atoms with Crippen LogP contribution in [0.25, 0.3) is 0 Å². The van der Waals surface area contributed by atoms with E-state index in [0.717, 1.165) is 36.3 Å². The summed E-state index contributed by atoms with van der Waals surface area (Å²) in [5.41, 5.74) is 2.24. The Balaban J connectivity index is 1.72. The van der Waals surface area contributed by atoms with Crippen LogP contribution in [0.15, 0.2) is 75.6 Å². The summed E-state index contributed by atoms with van der Waals surface area (Å²) < 4.78 is 0. The average Bonchev–Trinajstić information content (AvgIpc) is 3.25. The van der Waals surface area contributed by atoms with Crippen molar-refractivity contribution in [1.82, 2.24) is 15.5 Å². The van der Waals surface area contributed by atoms with Crippen molar-refractivity contribution in [3.63, 3.8) is 0 Å². The predicted octanol–water partition coefficient (Wildman–Crippen LogP) is 2.94. The molecule has 2 unspecified atom stereocenters. The molecule has 2 heterocycles. The number of amidine groups is 1. The van der Waals surface area contributed by atoms with Crippen molar-refractivity contribution in [2.24, 2.45) is 15.0 Å². The van der Waals surface area contributed by atoms with Crippen molar-refractivity contribution in [3.8, 4) is 0 Å². The minimum Gasteiger partial charge on any atom is -0.394 e. The third-order valence-corrected chi connectivity index (χ3v) is 5.82. The van der Waals surface area contributed by atoms with Crippen LogP contribution in [0.3, 0.4) is 0 Å². The van der Waals surface area contributed by atoms with Gasteiger partial charge in [0.05, 0.1) is 19.0 Å². The molecule has 0 spiro atoms. The number of fused-ring (bicyclic) bond motifs is 1. The van der Waals surface area contributed by atoms with Crippen LogP contribution in [0.5, 0.6) is 0 Å². The van der Waals surface area contributed by atoms with Crippen LogP contribution < -0.4 is 10.6 Å². The second kappa shape index (κ2) is 10.4. The molecule has 3 atom stereocenters. The molecule has 2 aromatic rings. The van der Waals surface area contributed by atoms with Gasteiger partial charge in [0.2, 0.25) is 0 Å². The predicted molar refractivity (Wildman–Crippen MR) is 130 cm³/mol. The number of benzene rings is 2. The third kappa shape index (κ3) is 4.83. The SMILES string of the molecule is CCCN1C=NC2C(=NC(c3ccccc3)c3ccccc3)NC(N[C@H](CC)CO)=NC21. The molecule has 0 fully saturated rings. The number of aliphatic hydroxyl groups excluding tert-OH is 1. The van der Waals surface area contributed by atoms with Crippen molar-refractivity contribution in [1.29, 1.82) is 0 Å². The molecular weight excluding hydrogens is 400 g/mol. The molecule has 4 rings (SSSR count). The van der Waals surface area contributed by atoms with Gasteiger partial charge in [0.25, 0.3) is 0 Å². The maximum absolute atomic E-state index is 9.68. The zero-order valence-electron chi connectivity index (χ0n) is 18.7. The van der Waals surface area contributed by atoms with Gasteiger partial charge in [-0.3, -0.25) is 9.98 Å². The van der Waals surface area contributed by atoms with Gasteiger partial charge < -0.3 is 20.6 Å². The van der Waals surface area contributed by atoms with Crippen LogP contribution in [0.2, 0.25) is 0 Å². The topological polar surface area (TPSA) is 84.6 Å². The van der Waals surface area contributed by atoms with Gasteiger partial charge >= 0.3 is 0 Å². The molecular formula is C25H32N6O. The summed E-state index contributed by atoms with van der Waals surface area (Å²) in [7, 11) is 0. The molecule has 7 nitrogen and oxygen atoms in total. The fourth-order valence-corrected chi connectivity index (χ4v) is 4.05. The lowest BCUT2D eigenvalue weighted by Gasteiger charge is -2.32. The van der Waals surface area contributed by atoms with Gasteiger partial charge in [-0.15, -0.1) is 0 Å². The highest BCUT2D eigenvalue weighted by molar-refractivity contribution is 6.06. The average molecular weight is 433 g/mol. The summed E-state index contributed by atoms with van der Waals surface area (Å²) >= 11 is 0. The minimum atomic E-state index is -0.184. The zero-order valence-corrected chi connectivity index (χ0v) is 18.7. The lowest BCUT2D eigenvalue weighted by Crippen LogP contribution is -2.57. The molecule has 2 aliphatic rings. The first kappa shape index (κ1) is 22.0. The fourth-order valence-electron chi connectivity index (χ4n) is 4.05. The van der Waals surface area contributed by atoms with E-state index in [0.29, 0.717) is 5.96 Å². The van der Waals surface area contributed by atoms with Crippen molar-refractivity contribution >= 4 is 18.1 Å². The maximum Gasteiger partial charge on any atom is 0.199 e. The number of rotatable bonds is 8. The normalized spacial score (nSPS) is 21.9. The number of hydrogen-bond acceptors (Lipinski definition) is 6. The highest BCUT2D eigenvalue weighted by Crippen LogP contribution is 2.28. The van der Waals surface area contributed by atoms with E-state index in [1.54, 1.807) is 0 Å². The van der Waals surface area contributed by atoms with E-state index < -0.39 is 0 Å². The molecule has 2 aromatic carbocycles. The highest BCUT2D eigenvalue weighted by atomic mass is 16.3. The Morgan fingerprint density at radius 1 is 1.06 bits per heavy atom. The van der Waals surface area contributed by atoms with E-state index in [1.165, 1.54) is 0 Å². The van der Waals surface area contributed by atoms with Crippen LogP contribution in [0.1, 0.15) is 43.9 Å². The van der Waals surface area contributed by atoms with Crippen LogP contribution in [-0.4, -0.2) is 59.5 Å². The van der Waals surface area contributed by atoms with Crippen molar-refractivity contribution in [3.05, 3.63) is 71.8 Å². The Hall–Kier alpha value is -3.19. The molecule has 0 amide bonds. The van der Waals surface area contributed by atoms with E-state index in [4.69, 9.17) is 15.0 Å². The summed E-state index contributed by atoms with van der Waals surface area (Å²) in [6, 6.07) is 20.2. The fraction of sp³-hybridized carbons (Fsp3) is 0.400. The standard InChI is InChI=1S/C25H32N6O/c1-3-15-31-17-26-22-23(29-25(30-24(22)31)27-20(4-2)16-32)28-21(18-11-7-5-8-12-18)19-13-9-6-10-14-19/h5-14,17,20-22,24,32H,3-4,15-16H2,1-2H3,(H2,27,28,29,30)/t20-,22?,24?/m1/s1. The largest absolute Gasteiger partial charge is 0.394 e. The van der Waals surface area contributed by atoms with E-state index in [2.05, 4.69) is 46.7 Å². The van der Waals surface area contributed by atoms with Gasteiger partial charge in [0.15, 0.2) is 12.1 Å². The smallest absolute Gasteiger partial charge is 0.199 e. The van der Waals surface area contributed by atoms with Crippen molar-refractivity contribution in [2.45, 2.75) is 51.0 Å². The Kier molecular flexibility index (Phi) is 7.17. The third-order valence-electron chi connectivity index (χ3n) is 5.82. The van der Waals surface area contributed by atoms with Gasteiger partial charge in [-0.25, -0.2) is 4.99 Å². The lowest BCUT2D eigenvalue weighted by molar-refractivity contribution is 0.251. The maximum atomic E-state index is 9.68. The zero-order chi connectivity index (χ0) is 22.3. The molecule has 0 radical (unpaired) electrons. The first-order chi connectivity index (χ1) is 15.7. The van der Waals surface area contributed by atoms with Crippen molar-refractivity contribution < 1.29 is 5.11 Å². The molecule has 0 bridgehead atoms. The Morgan fingerprint density at radius 2 is 1.72 bits per heavy atom. The Morgan fingerprint density at radius 3 is 2.28 bits per heavy atom. The summed E-state index contributed by atoms with van der Waals surface area (Å²) in [5, 5.41) is 16.4. The summed E-state index contributed by atoms with van der Waals surface area (Å²) in [6.45, 7) is 5.12. The van der Waals surface area contributed by atoms with Gasteiger partial charge in [0.1, 0.15) is 17.9 Å². The number of hydrogen-bond donors (Lipinski definition) is 3. The van der Waals surface area contributed by atoms with Gasteiger partial charge in [-0.05, 0) is 24.0 Å². The first-order valence-corrected chi connectivity index (χ1v) is 11.4. The molecule has 2 aliphatic heterocycles. The van der Waals surface area contributed by atoms with Gasteiger partial charge in [0, 0.05) is 6.54 Å². The second-order valence-corrected chi connectivity index (χ2v) is 8.13. The molecule has 0 aliphatic carbocycles. The number of guanidine groups is 1. The minimum absolute atomic E-state index is 0.0452. The van der Waals surface area contributed by atoms with E-state index in [9.17, 15) is 5.11 Å². The van der Waals surface area contributed by atoms with Crippen LogP contribution in [0.4, 0.5) is 0 Å². The molecule has 3 N–H and O–H groups in total. The molecule has 0 saturated heterocycles. The lowest BCUT2D eigenvalue weighted by atomic mass is 9.99. The Labute approximate surface area is 190 Å². The molecule has 168 valence electrons. The number of nitrogens with zero attached hydrogens (tertiary/aromatic N) is 4. The molecule has 7 heteroatoms. The monoisotopic (exact) mass is 432 g/mol. The van der Waals surface area contributed by atoms with Crippen molar-refractivity contribution in [2.75, 3.05) is 13.2 Å². The van der Waals surface area contributed by atoms with Crippen LogP contribution in [0, 0.1) is 0 Å². The van der Waals surface area contributed by atoms with Gasteiger partial charge in [-0.1, -0.05) is 74.5 Å². The van der Waals surface area contributed by atoms with E-state index in [-0.39, 0.29) is 30.9 Å². The Bertz CT molecular complexity index is 915.